The largest absolute Gasteiger partial charge is 0.493 e. The van der Waals surface area contributed by atoms with Crippen molar-refractivity contribution in [3.8, 4) is 11.5 Å². The fourth-order valence-corrected chi connectivity index (χ4v) is 2.32. The normalized spacial score (nSPS) is 29.6. The fraction of sp³-hybridized carbons (Fsp3) is 0.467. The van der Waals surface area contributed by atoms with Gasteiger partial charge in [-0.1, -0.05) is 6.07 Å². The van der Waals surface area contributed by atoms with Gasteiger partial charge in [0.15, 0.2) is 11.5 Å². The minimum Gasteiger partial charge on any atom is -0.493 e. The minimum atomic E-state index is -1.57. The van der Waals surface area contributed by atoms with E-state index < -0.39 is 42.2 Å². The number of ether oxygens (including phenoxy) is 3. The molecular formula is C15H19NO9. The van der Waals surface area contributed by atoms with Gasteiger partial charge in [0.05, 0.1) is 18.6 Å². The molecule has 4 N–H and O–H groups in total. The smallest absolute Gasteiger partial charge is 0.235 e. The highest BCUT2D eigenvalue weighted by Crippen LogP contribution is 2.32. The van der Waals surface area contributed by atoms with Crippen LogP contribution in [-0.4, -0.2) is 69.8 Å². The Morgan fingerprint density at radius 2 is 1.96 bits per heavy atom. The summed E-state index contributed by atoms with van der Waals surface area (Å²) < 4.78 is 15.9. The molecule has 0 bridgehead atoms. The van der Waals surface area contributed by atoms with Crippen molar-refractivity contribution >= 4 is 6.08 Å². The van der Waals surface area contributed by atoms with E-state index in [4.69, 9.17) is 19.3 Å². The van der Waals surface area contributed by atoms with Crippen molar-refractivity contribution in [3.63, 3.8) is 0 Å². The Bertz CT molecular complexity index is 633. The average molecular weight is 357 g/mol. The quantitative estimate of drug-likeness (QED) is 0.376. The summed E-state index contributed by atoms with van der Waals surface area (Å²) in [4.78, 5) is 9.76. The maximum absolute atomic E-state index is 10.4. The first kappa shape index (κ1) is 19.1. The fourth-order valence-electron chi connectivity index (χ4n) is 2.32. The van der Waals surface area contributed by atoms with Crippen molar-refractivity contribution < 1.29 is 39.6 Å². The summed E-state index contributed by atoms with van der Waals surface area (Å²) in [6.45, 7) is -0.577. The van der Waals surface area contributed by atoms with Gasteiger partial charge in [-0.05, 0) is 17.7 Å². The summed E-state index contributed by atoms with van der Waals surface area (Å²) in [7, 11) is 1.36. The van der Waals surface area contributed by atoms with Crippen LogP contribution in [0.25, 0.3) is 6.08 Å². The van der Waals surface area contributed by atoms with Gasteiger partial charge < -0.3 is 34.6 Å². The Morgan fingerprint density at radius 1 is 1.24 bits per heavy atom. The first-order valence-corrected chi connectivity index (χ1v) is 7.34. The SMILES string of the molecule is COc1cc(C=C[N+](=O)[O-])ccc1OC1O[C@H](CO)[C@@H](O)[C@H](O)[C@H]1O. The van der Waals surface area contributed by atoms with Gasteiger partial charge in [-0.25, -0.2) is 0 Å². The van der Waals surface area contributed by atoms with E-state index in [-0.39, 0.29) is 11.5 Å². The van der Waals surface area contributed by atoms with Gasteiger partial charge in [-0.3, -0.25) is 10.1 Å². The van der Waals surface area contributed by atoms with Gasteiger partial charge in [0.1, 0.15) is 24.4 Å². The average Bonchev–Trinajstić information content (AvgIpc) is 2.60. The molecule has 0 aliphatic carbocycles. The van der Waals surface area contributed by atoms with Gasteiger partial charge in [0.25, 0.3) is 0 Å². The van der Waals surface area contributed by atoms with E-state index in [0.29, 0.717) is 5.56 Å². The molecule has 1 unspecified atom stereocenters. The zero-order valence-corrected chi connectivity index (χ0v) is 13.3. The lowest BCUT2D eigenvalue weighted by Crippen LogP contribution is -2.60. The Hall–Kier alpha value is -2.24. The van der Waals surface area contributed by atoms with E-state index in [1.54, 1.807) is 0 Å². The Balaban J connectivity index is 2.19. The van der Waals surface area contributed by atoms with Crippen LogP contribution in [0.1, 0.15) is 5.56 Å². The lowest BCUT2D eigenvalue weighted by Gasteiger charge is -2.39. The summed E-state index contributed by atoms with van der Waals surface area (Å²) >= 11 is 0. The lowest BCUT2D eigenvalue weighted by molar-refractivity contribution is -0.400. The second-order valence-electron chi connectivity index (χ2n) is 5.33. The molecule has 0 aromatic heterocycles. The highest BCUT2D eigenvalue weighted by atomic mass is 16.7. The number of benzene rings is 1. The highest BCUT2D eigenvalue weighted by molar-refractivity contribution is 5.55. The summed E-state index contributed by atoms with van der Waals surface area (Å²) in [6.07, 6.45) is -5.04. The third kappa shape index (κ3) is 4.44. The monoisotopic (exact) mass is 357 g/mol. The van der Waals surface area contributed by atoms with E-state index in [0.717, 1.165) is 6.20 Å². The Labute approximate surface area is 142 Å². The Kier molecular flexibility index (Phi) is 6.28. The van der Waals surface area contributed by atoms with Gasteiger partial charge in [-0.15, -0.1) is 0 Å². The van der Waals surface area contributed by atoms with Crippen molar-refractivity contribution in [2.45, 2.75) is 30.7 Å². The van der Waals surface area contributed by atoms with Crippen LogP contribution in [0.15, 0.2) is 24.4 Å². The molecule has 0 amide bonds. The molecule has 0 spiro atoms. The van der Waals surface area contributed by atoms with Crippen LogP contribution in [0.5, 0.6) is 11.5 Å². The topological polar surface area (TPSA) is 152 Å². The summed E-state index contributed by atoms with van der Waals surface area (Å²) in [5.74, 6) is 0.354. The van der Waals surface area contributed by atoms with E-state index in [1.165, 1.54) is 31.4 Å². The Morgan fingerprint density at radius 3 is 2.56 bits per heavy atom. The zero-order valence-electron chi connectivity index (χ0n) is 13.3. The molecule has 1 saturated heterocycles. The maximum Gasteiger partial charge on any atom is 0.235 e. The molecule has 10 heteroatoms. The molecule has 1 aliphatic rings. The van der Waals surface area contributed by atoms with Gasteiger partial charge in [0, 0.05) is 6.08 Å². The molecule has 0 saturated carbocycles. The minimum absolute atomic E-state index is 0.144. The standard InChI is InChI=1S/C15H19NO9/c1-23-10-6-8(4-5-16(21)22)2-3-9(10)24-15-14(20)13(19)12(18)11(7-17)25-15/h2-6,11-15,17-20H,7H2,1H3/t11-,12-,13+,14-,15?/m1/s1. The molecule has 0 radical (unpaired) electrons. The number of aliphatic hydroxyl groups is 4. The molecule has 2 rings (SSSR count). The zero-order chi connectivity index (χ0) is 18.6. The number of nitrogens with zero attached hydrogens (tertiary/aromatic N) is 1. The highest BCUT2D eigenvalue weighted by Gasteiger charge is 2.44. The molecule has 1 aromatic rings. The van der Waals surface area contributed by atoms with Crippen LogP contribution in [-0.2, 0) is 4.74 Å². The van der Waals surface area contributed by atoms with Crippen LogP contribution >= 0.6 is 0 Å². The van der Waals surface area contributed by atoms with Gasteiger partial charge in [-0.2, -0.15) is 0 Å². The van der Waals surface area contributed by atoms with Crippen LogP contribution in [0.3, 0.4) is 0 Å². The lowest BCUT2D eigenvalue weighted by atomic mass is 9.99. The first-order valence-electron chi connectivity index (χ1n) is 7.34. The van der Waals surface area contributed by atoms with Crippen molar-refractivity contribution in [1.82, 2.24) is 0 Å². The predicted molar refractivity (Wildman–Crippen MR) is 83.4 cm³/mol. The third-order valence-electron chi connectivity index (χ3n) is 3.67. The molecule has 1 aliphatic heterocycles. The van der Waals surface area contributed by atoms with Crippen LogP contribution in [0.2, 0.25) is 0 Å². The number of aliphatic hydroxyl groups excluding tert-OH is 4. The summed E-state index contributed by atoms with van der Waals surface area (Å²) in [5.41, 5.74) is 0.481. The summed E-state index contributed by atoms with van der Waals surface area (Å²) in [6, 6.07) is 4.43. The van der Waals surface area contributed by atoms with E-state index in [2.05, 4.69) is 0 Å². The number of hydrogen-bond donors (Lipinski definition) is 4. The van der Waals surface area contributed by atoms with Crippen molar-refractivity contribution in [3.05, 3.63) is 40.1 Å². The van der Waals surface area contributed by atoms with Gasteiger partial charge in [0.2, 0.25) is 12.5 Å². The third-order valence-corrected chi connectivity index (χ3v) is 3.67. The molecule has 5 atom stereocenters. The molecule has 1 fully saturated rings. The van der Waals surface area contributed by atoms with E-state index in [1.807, 2.05) is 0 Å². The second-order valence-corrected chi connectivity index (χ2v) is 5.33. The summed E-state index contributed by atoms with van der Waals surface area (Å²) in [5, 5.41) is 49.0. The first-order chi connectivity index (χ1) is 11.9. The van der Waals surface area contributed by atoms with Crippen LogP contribution in [0, 0.1) is 10.1 Å². The van der Waals surface area contributed by atoms with Crippen LogP contribution < -0.4 is 9.47 Å². The van der Waals surface area contributed by atoms with E-state index >= 15 is 0 Å². The molecular weight excluding hydrogens is 338 g/mol. The molecule has 10 nitrogen and oxygen atoms in total. The van der Waals surface area contributed by atoms with Crippen molar-refractivity contribution in [1.29, 1.82) is 0 Å². The second kappa shape index (κ2) is 8.23. The molecule has 1 heterocycles. The predicted octanol–water partition coefficient (Wildman–Crippen LogP) is -0.879. The molecule has 25 heavy (non-hydrogen) atoms. The number of hydrogen-bond acceptors (Lipinski definition) is 9. The maximum atomic E-state index is 10.4. The van der Waals surface area contributed by atoms with Crippen molar-refractivity contribution in [2.24, 2.45) is 0 Å². The molecule has 1 aromatic carbocycles. The number of methoxy groups -OCH3 is 1. The van der Waals surface area contributed by atoms with Crippen LogP contribution in [0.4, 0.5) is 0 Å². The van der Waals surface area contributed by atoms with Crippen molar-refractivity contribution in [2.75, 3.05) is 13.7 Å². The number of nitro groups is 1. The molecule has 138 valence electrons. The van der Waals surface area contributed by atoms with Gasteiger partial charge >= 0.3 is 0 Å². The van der Waals surface area contributed by atoms with E-state index in [9.17, 15) is 25.4 Å². The number of rotatable bonds is 6.